The van der Waals surface area contributed by atoms with Crippen molar-refractivity contribution in [2.24, 2.45) is 0 Å². The molecule has 16 heavy (non-hydrogen) atoms. The molecular weight excluding hydrogens is 206 g/mol. The maximum atomic E-state index is 11.2. The molecule has 2 N–H and O–H groups in total. The molecule has 0 bridgehead atoms. The Kier molecular flexibility index (Phi) is 5.85. The summed E-state index contributed by atoms with van der Waals surface area (Å²) in [6.45, 7) is 5.37. The van der Waals surface area contributed by atoms with Crippen molar-refractivity contribution in [3.8, 4) is 0 Å². The van der Waals surface area contributed by atoms with E-state index in [-0.39, 0.29) is 18.4 Å². The lowest BCUT2D eigenvalue weighted by atomic mass is 10.1. The minimum Gasteiger partial charge on any atom is -0.337 e. The van der Waals surface area contributed by atoms with Crippen molar-refractivity contribution in [2.75, 3.05) is 32.7 Å². The quantitative estimate of drug-likeness (QED) is 0.713. The number of Topliss-reactive ketones (excluding diaryl/α,β-unsaturated/α-hetero) is 1. The SMILES string of the molecule is CC(=O)CNC(=O)NCCN1CCCCC1. The number of hydrogen-bond acceptors (Lipinski definition) is 3. The third-order valence-corrected chi connectivity index (χ3v) is 2.66. The number of nitrogens with one attached hydrogen (secondary N) is 2. The first-order chi connectivity index (χ1) is 7.68. The summed E-state index contributed by atoms with van der Waals surface area (Å²) < 4.78 is 0. The van der Waals surface area contributed by atoms with Crippen molar-refractivity contribution >= 4 is 11.8 Å². The maximum Gasteiger partial charge on any atom is 0.315 e. The number of nitrogens with zero attached hydrogens (tertiary/aromatic N) is 1. The van der Waals surface area contributed by atoms with E-state index in [1.54, 1.807) is 0 Å². The van der Waals surface area contributed by atoms with Gasteiger partial charge in [0, 0.05) is 13.1 Å². The zero-order chi connectivity index (χ0) is 11.8. The van der Waals surface area contributed by atoms with E-state index in [2.05, 4.69) is 15.5 Å². The molecule has 0 aromatic heterocycles. The van der Waals surface area contributed by atoms with E-state index in [9.17, 15) is 9.59 Å². The Balaban J connectivity index is 2.01. The summed E-state index contributed by atoms with van der Waals surface area (Å²) in [7, 11) is 0. The number of ketones is 1. The Hall–Kier alpha value is -1.10. The van der Waals surface area contributed by atoms with E-state index >= 15 is 0 Å². The lowest BCUT2D eigenvalue weighted by Gasteiger charge is -2.26. The van der Waals surface area contributed by atoms with Crippen molar-refractivity contribution in [3.63, 3.8) is 0 Å². The lowest BCUT2D eigenvalue weighted by molar-refractivity contribution is -0.116. The molecule has 0 spiro atoms. The van der Waals surface area contributed by atoms with Crippen LogP contribution < -0.4 is 10.6 Å². The van der Waals surface area contributed by atoms with Gasteiger partial charge in [-0.15, -0.1) is 0 Å². The smallest absolute Gasteiger partial charge is 0.315 e. The molecular formula is C11H21N3O2. The van der Waals surface area contributed by atoms with Gasteiger partial charge in [-0.05, 0) is 32.9 Å². The van der Waals surface area contributed by atoms with Crippen LogP contribution in [-0.2, 0) is 4.79 Å². The molecule has 0 unspecified atom stereocenters. The molecule has 0 radical (unpaired) electrons. The zero-order valence-electron chi connectivity index (χ0n) is 9.92. The van der Waals surface area contributed by atoms with Gasteiger partial charge >= 0.3 is 6.03 Å². The normalized spacial score (nSPS) is 16.8. The molecule has 0 atom stereocenters. The van der Waals surface area contributed by atoms with E-state index in [4.69, 9.17) is 0 Å². The second kappa shape index (κ2) is 7.22. The van der Waals surface area contributed by atoms with Gasteiger partial charge in [-0.25, -0.2) is 4.79 Å². The lowest BCUT2D eigenvalue weighted by Crippen LogP contribution is -2.42. The molecule has 0 aromatic carbocycles. The van der Waals surface area contributed by atoms with E-state index in [0.29, 0.717) is 6.54 Å². The number of hydrogen-bond donors (Lipinski definition) is 2. The van der Waals surface area contributed by atoms with Crippen LogP contribution >= 0.6 is 0 Å². The molecule has 1 fully saturated rings. The van der Waals surface area contributed by atoms with E-state index in [1.165, 1.54) is 26.2 Å². The summed E-state index contributed by atoms with van der Waals surface area (Å²) in [5.74, 6) is -0.0359. The first kappa shape index (κ1) is 13.0. The molecule has 0 aromatic rings. The third kappa shape index (κ3) is 5.70. The topological polar surface area (TPSA) is 61.4 Å². The predicted molar refractivity (Wildman–Crippen MR) is 62.4 cm³/mol. The van der Waals surface area contributed by atoms with E-state index in [1.807, 2.05) is 0 Å². The summed E-state index contributed by atoms with van der Waals surface area (Å²) in [5, 5.41) is 5.24. The van der Waals surface area contributed by atoms with Gasteiger partial charge < -0.3 is 15.5 Å². The highest BCUT2D eigenvalue weighted by Gasteiger charge is 2.09. The predicted octanol–water partition coefficient (Wildman–Crippen LogP) is 0.361. The number of carbonyl (C=O) groups is 2. The third-order valence-electron chi connectivity index (χ3n) is 2.66. The molecule has 0 aliphatic carbocycles. The number of piperidine rings is 1. The van der Waals surface area contributed by atoms with Crippen LogP contribution in [0.5, 0.6) is 0 Å². The number of rotatable bonds is 5. The fourth-order valence-corrected chi connectivity index (χ4v) is 1.78. The van der Waals surface area contributed by atoms with Crippen LogP contribution in [0, 0.1) is 0 Å². The largest absolute Gasteiger partial charge is 0.337 e. The Morgan fingerprint density at radius 3 is 2.44 bits per heavy atom. The van der Waals surface area contributed by atoms with Gasteiger partial charge in [0.05, 0.1) is 6.54 Å². The van der Waals surface area contributed by atoms with Crippen molar-refractivity contribution in [2.45, 2.75) is 26.2 Å². The molecule has 1 aliphatic heterocycles. The van der Waals surface area contributed by atoms with Crippen molar-refractivity contribution in [1.82, 2.24) is 15.5 Å². The summed E-state index contributed by atoms with van der Waals surface area (Å²) in [6, 6.07) is -0.257. The van der Waals surface area contributed by atoms with Gasteiger partial charge in [0.25, 0.3) is 0 Å². The molecule has 0 saturated carbocycles. The van der Waals surface area contributed by atoms with E-state index < -0.39 is 0 Å². The van der Waals surface area contributed by atoms with Gasteiger partial charge in [-0.2, -0.15) is 0 Å². The first-order valence-electron chi connectivity index (χ1n) is 5.92. The molecule has 1 rings (SSSR count). The Morgan fingerprint density at radius 2 is 1.81 bits per heavy atom. The van der Waals surface area contributed by atoms with Crippen LogP contribution in [0.4, 0.5) is 4.79 Å². The highest BCUT2D eigenvalue weighted by atomic mass is 16.2. The average molecular weight is 227 g/mol. The number of carbonyl (C=O) groups excluding carboxylic acids is 2. The summed E-state index contributed by atoms with van der Waals surface area (Å²) >= 11 is 0. The molecule has 2 amide bonds. The second-order valence-corrected chi connectivity index (χ2v) is 4.21. The van der Waals surface area contributed by atoms with Crippen LogP contribution in [0.15, 0.2) is 0 Å². The average Bonchev–Trinajstić information content (AvgIpc) is 2.28. The molecule has 1 aliphatic rings. The minimum absolute atomic E-state index is 0.0359. The Bertz CT molecular complexity index is 237. The maximum absolute atomic E-state index is 11.2. The van der Waals surface area contributed by atoms with Crippen molar-refractivity contribution < 1.29 is 9.59 Å². The van der Waals surface area contributed by atoms with Crippen molar-refractivity contribution in [1.29, 1.82) is 0 Å². The molecule has 5 nitrogen and oxygen atoms in total. The fraction of sp³-hybridized carbons (Fsp3) is 0.818. The number of likely N-dealkylation sites (tertiary alicyclic amines) is 1. The molecule has 92 valence electrons. The summed E-state index contributed by atoms with van der Waals surface area (Å²) in [4.78, 5) is 24.2. The summed E-state index contributed by atoms with van der Waals surface area (Å²) in [6.07, 6.45) is 3.84. The van der Waals surface area contributed by atoms with Crippen LogP contribution in [0.2, 0.25) is 0 Å². The first-order valence-corrected chi connectivity index (χ1v) is 5.92. The van der Waals surface area contributed by atoms with Crippen molar-refractivity contribution in [3.05, 3.63) is 0 Å². The van der Waals surface area contributed by atoms with Crippen LogP contribution in [0.25, 0.3) is 0 Å². The van der Waals surface area contributed by atoms with Crippen LogP contribution in [0.1, 0.15) is 26.2 Å². The van der Waals surface area contributed by atoms with Crippen LogP contribution in [-0.4, -0.2) is 49.4 Å². The standard InChI is InChI=1S/C11H21N3O2/c1-10(15)9-13-11(16)12-5-8-14-6-3-2-4-7-14/h2-9H2,1H3,(H2,12,13,16). The van der Waals surface area contributed by atoms with Gasteiger partial charge in [0.15, 0.2) is 0 Å². The van der Waals surface area contributed by atoms with Crippen LogP contribution in [0.3, 0.4) is 0 Å². The second-order valence-electron chi connectivity index (χ2n) is 4.21. The number of urea groups is 1. The molecule has 5 heteroatoms. The van der Waals surface area contributed by atoms with Gasteiger partial charge in [0.1, 0.15) is 5.78 Å². The number of amides is 2. The highest BCUT2D eigenvalue weighted by molar-refractivity contribution is 5.83. The van der Waals surface area contributed by atoms with Gasteiger partial charge in [-0.1, -0.05) is 6.42 Å². The minimum atomic E-state index is -0.257. The van der Waals surface area contributed by atoms with Gasteiger partial charge in [0.2, 0.25) is 0 Å². The fourth-order valence-electron chi connectivity index (χ4n) is 1.78. The Labute approximate surface area is 96.6 Å². The highest BCUT2D eigenvalue weighted by Crippen LogP contribution is 2.07. The molecule has 1 heterocycles. The Morgan fingerprint density at radius 1 is 1.12 bits per heavy atom. The monoisotopic (exact) mass is 227 g/mol. The molecule has 1 saturated heterocycles. The zero-order valence-corrected chi connectivity index (χ0v) is 9.92. The summed E-state index contributed by atoms with van der Waals surface area (Å²) in [5.41, 5.74) is 0. The van der Waals surface area contributed by atoms with E-state index in [0.717, 1.165) is 19.6 Å². The van der Waals surface area contributed by atoms with Gasteiger partial charge in [-0.3, -0.25) is 4.79 Å².